The van der Waals surface area contributed by atoms with Crippen LogP contribution in [-0.4, -0.2) is 40.8 Å². The number of aromatic nitrogens is 2. The summed E-state index contributed by atoms with van der Waals surface area (Å²) >= 11 is 0. The van der Waals surface area contributed by atoms with Crippen LogP contribution in [0, 0.1) is 0 Å². The number of rotatable bonds is 8. The summed E-state index contributed by atoms with van der Waals surface area (Å²) in [6, 6.07) is 0. The zero-order chi connectivity index (χ0) is 13.4. The summed E-state index contributed by atoms with van der Waals surface area (Å²) in [6.45, 7) is 7.70. The first kappa shape index (κ1) is 14.3. The van der Waals surface area contributed by atoms with E-state index in [4.69, 9.17) is 9.84 Å². The van der Waals surface area contributed by atoms with Gasteiger partial charge in [0.05, 0.1) is 18.9 Å². The second-order valence-electron chi connectivity index (χ2n) is 3.87. The fourth-order valence-electron chi connectivity index (χ4n) is 1.27. The van der Waals surface area contributed by atoms with Crippen LogP contribution in [0.5, 0.6) is 0 Å². The van der Waals surface area contributed by atoms with Crippen molar-refractivity contribution >= 4 is 5.97 Å². The lowest BCUT2D eigenvalue weighted by atomic mass is 10.2. The molecule has 2 N–H and O–H groups in total. The van der Waals surface area contributed by atoms with Crippen molar-refractivity contribution in [3.05, 3.63) is 35.9 Å². The van der Waals surface area contributed by atoms with Crippen molar-refractivity contribution in [3.8, 4) is 0 Å². The Morgan fingerprint density at radius 1 is 1.61 bits per heavy atom. The highest BCUT2D eigenvalue weighted by Gasteiger charge is 2.10. The van der Waals surface area contributed by atoms with Gasteiger partial charge in [0.2, 0.25) is 0 Å². The lowest BCUT2D eigenvalue weighted by molar-refractivity contribution is 0.0694. The van der Waals surface area contributed by atoms with E-state index in [2.05, 4.69) is 21.9 Å². The third-order valence-electron chi connectivity index (χ3n) is 2.09. The number of aromatic carboxylic acids is 1. The zero-order valence-corrected chi connectivity index (χ0v) is 10.3. The summed E-state index contributed by atoms with van der Waals surface area (Å²) < 4.78 is 5.30. The van der Waals surface area contributed by atoms with E-state index in [0.29, 0.717) is 32.0 Å². The van der Waals surface area contributed by atoms with Crippen molar-refractivity contribution in [2.45, 2.75) is 13.5 Å². The van der Waals surface area contributed by atoms with Gasteiger partial charge in [-0.3, -0.25) is 0 Å². The maximum atomic E-state index is 10.9. The van der Waals surface area contributed by atoms with Crippen LogP contribution in [0.2, 0.25) is 0 Å². The first-order valence-electron chi connectivity index (χ1n) is 5.56. The van der Waals surface area contributed by atoms with E-state index in [1.807, 2.05) is 6.92 Å². The molecule has 18 heavy (non-hydrogen) atoms. The highest BCUT2D eigenvalue weighted by Crippen LogP contribution is 2.02. The standard InChI is InChI=1S/C12H17N3O3/c1-9(2)7-18-4-3-13-6-11-10(12(16)17)5-14-8-15-11/h5,8,13H,1,3-4,6-7H2,2H3,(H,16,17). The fraction of sp³-hybridized carbons (Fsp3) is 0.417. The lowest BCUT2D eigenvalue weighted by Crippen LogP contribution is -2.22. The minimum atomic E-state index is -1.02. The number of carboxylic acids is 1. The summed E-state index contributed by atoms with van der Waals surface area (Å²) in [5, 5.41) is 12.0. The molecule has 0 aliphatic carbocycles. The predicted molar refractivity (Wildman–Crippen MR) is 66.3 cm³/mol. The first-order valence-corrected chi connectivity index (χ1v) is 5.56. The Hall–Kier alpha value is -1.79. The van der Waals surface area contributed by atoms with Gasteiger partial charge in [0.25, 0.3) is 0 Å². The van der Waals surface area contributed by atoms with Crippen molar-refractivity contribution < 1.29 is 14.6 Å². The molecular weight excluding hydrogens is 234 g/mol. The molecule has 0 aliphatic heterocycles. The zero-order valence-electron chi connectivity index (χ0n) is 10.3. The molecule has 0 amide bonds. The molecule has 0 radical (unpaired) electrons. The maximum Gasteiger partial charge on any atom is 0.339 e. The van der Waals surface area contributed by atoms with Gasteiger partial charge in [0, 0.05) is 19.3 Å². The van der Waals surface area contributed by atoms with Gasteiger partial charge < -0.3 is 15.2 Å². The van der Waals surface area contributed by atoms with Crippen molar-refractivity contribution in [2.24, 2.45) is 0 Å². The largest absolute Gasteiger partial charge is 0.478 e. The number of nitrogens with one attached hydrogen (secondary N) is 1. The molecule has 1 aromatic rings. The van der Waals surface area contributed by atoms with Crippen LogP contribution in [-0.2, 0) is 11.3 Å². The molecule has 0 bridgehead atoms. The summed E-state index contributed by atoms with van der Waals surface area (Å²) in [6.07, 6.45) is 2.63. The summed E-state index contributed by atoms with van der Waals surface area (Å²) in [5.41, 5.74) is 1.56. The van der Waals surface area contributed by atoms with Gasteiger partial charge in [-0.15, -0.1) is 0 Å². The second kappa shape index (κ2) is 7.52. The molecule has 98 valence electrons. The van der Waals surface area contributed by atoms with Crippen LogP contribution < -0.4 is 5.32 Å². The topological polar surface area (TPSA) is 84.3 Å². The average molecular weight is 251 g/mol. The highest BCUT2D eigenvalue weighted by molar-refractivity contribution is 5.88. The Morgan fingerprint density at radius 2 is 2.39 bits per heavy atom. The second-order valence-corrected chi connectivity index (χ2v) is 3.87. The average Bonchev–Trinajstić information content (AvgIpc) is 2.33. The van der Waals surface area contributed by atoms with Crippen molar-refractivity contribution in [1.29, 1.82) is 0 Å². The summed E-state index contributed by atoms with van der Waals surface area (Å²) in [4.78, 5) is 18.5. The summed E-state index contributed by atoms with van der Waals surface area (Å²) in [5.74, 6) is -1.02. The molecule has 1 aromatic heterocycles. The highest BCUT2D eigenvalue weighted by atomic mass is 16.5. The molecule has 0 saturated carbocycles. The molecule has 6 nitrogen and oxygen atoms in total. The van der Waals surface area contributed by atoms with E-state index >= 15 is 0 Å². The van der Waals surface area contributed by atoms with Crippen molar-refractivity contribution in [3.63, 3.8) is 0 Å². The molecule has 1 rings (SSSR count). The van der Waals surface area contributed by atoms with Crippen LogP contribution in [0.3, 0.4) is 0 Å². The van der Waals surface area contributed by atoms with Gasteiger partial charge in [0.1, 0.15) is 11.9 Å². The van der Waals surface area contributed by atoms with Crippen molar-refractivity contribution in [2.75, 3.05) is 19.8 Å². The van der Waals surface area contributed by atoms with Crippen LogP contribution >= 0.6 is 0 Å². The molecule has 0 aliphatic rings. The molecule has 0 spiro atoms. The van der Waals surface area contributed by atoms with Crippen LogP contribution in [0.4, 0.5) is 0 Å². The Balaban J connectivity index is 2.31. The SMILES string of the molecule is C=C(C)COCCNCc1ncncc1C(=O)O. The van der Waals surface area contributed by atoms with Gasteiger partial charge >= 0.3 is 5.97 Å². The summed E-state index contributed by atoms with van der Waals surface area (Å²) in [7, 11) is 0. The normalized spacial score (nSPS) is 10.3. The lowest BCUT2D eigenvalue weighted by Gasteiger charge is -2.07. The molecular formula is C12H17N3O3. The number of carboxylic acid groups (broad SMARTS) is 1. The van der Waals surface area contributed by atoms with Gasteiger partial charge in [-0.1, -0.05) is 12.2 Å². The third-order valence-corrected chi connectivity index (χ3v) is 2.09. The molecule has 0 atom stereocenters. The number of ether oxygens (including phenoxy) is 1. The minimum Gasteiger partial charge on any atom is -0.478 e. The van der Waals surface area contributed by atoms with Crippen LogP contribution in [0.1, 0.15) is 23.0 Å². The van der Waals surface area contributed by atoms with E-state index in [1.54, 1.807) is 0 Å². The molecule has 1 heterocycles. The van der Waals surface area contributed by atoms with Gasteiger partial charge in [-0.25, -0.2) is 14.8 Å². The van der Waals surface area contributed by atoms with Gasteiger partial charge in [0.15, 0.2) is 0 Å². The smallest absolute Gasteiger partial charge is 0.339 e. The molecule has 0 unspecified atom stereocenters. The van der Waals surface area contributed by atoms with Crippen LogP contribution in [0.25, 0.3) is 0 Å². The fourth-order valence-corrected chi connectivity index (χ4v) is 1.27. The predicted octanol–water partition coefficient (Wildman–Crippen LogP) is 0.857. The van der Waals surface area contributed by atoms with E-state index in [-0.39, 0.29) is 5.56 Å². The van der Waals surface area contributed by atoms with Crippen LogP contribution in [0.15, 0.2) is 24.7 Å². The van der Waals surface area contributed by atoms with Gasteiger partial charge in [-0.2, -0.15) is 0 Å². The molecule has 6 heteroatoms. The number of nitrogens with zero attached hydrogens (tertiary/aromatic N) is 2. The van der Waals surface area contributed by atoms with E-state index < -0.39 is 5.97 Å². The number of hydrogen-bond donors (Lipinski definition) is 2. The van der Waals surface area contributed by atoms with E-state index in [1.165, 1.54) is 12.5 Å². The maximum absolute atomic E-state index is 10.9. The number of hydrogen-bond acceptors (Lipinski definition) is 5. The van der Waals surface area contributed by atoms with E-state index in [0.717, 1.165) is 5.57 Å². The Morgan fingerprint density at radius 3 is 3.06 bits per heavy atom. The minimum absolute atomic E-state index is 0.118. The molecule has 0 aromatic carbocycles. The Labute approximate surface area is 106 Å². The van der Waals surface area contributed by atoms with E-state index in [9.17, 15) is 4.79 Å². The Kier molecular flexibility index (Phi) is 5.96. The molecule has 0 saturated heterocycles. The quantitative estimate of drug-likeness (QED) is 0.526. The molecule has 0 fully saturated rings. The third kappa shape index (κ3) is 5.03. The first-order chi connectivity index (χ1) is 8.61. The number of carbonyl (C=O) groups is 1. The Bertz CT molecular complexity index is 421. The van der Waals surface area contributed by atoms with Gasteiger partial charge in [-0.05, 0) is 6.92 Å². The van der Waals surface area contributed by atoms with Crippen molar-refractivity contribution in [1.82, 2.24) is 15.3 Å². The monoisotopic (exact) mass is 251 g/mol.